The number of piperidine rings is 1. The Bertz CT molecular complexity index is 949. The van der Waals surface area contributed by atoms with Crippen molar-refractivity contribution in [2.24, 2.45) is 5.92 Å². The number of nitrogens with zero attached hydrogens (tertiary/aromatic N) is 2. The van der Waals surface area contributed by atoms with Gasteiger partial charge in [-0.2, -0.15) is 0 Å². The van der Waals surface area contributed by atoms with Crippen LogP contribution in [0.25, 0.3) is 0 Å². The first-order chi connectivity index (χ1) is 14.9. The normalized spacial score (nSPS) is 18.9. The number of carbonyl (C=O) groups is 2. The van der Waals surface area contributed by atoms with Crippen LogP contribution < -0.4 is 15.0 Å². The van der Waals surface area contributed by atoms with E-state index in [0.717, 1.165) is 22.6 Å². The number of nitrogens with one attached hydrogen (secondary N) is 1. The summed E-state index contributed by atoms with van der Waals surface area (Å²) in [6.45, 7) is 8.30. The smallest absolute Gasteiger partial charge is 0.324 e. The molecule has 1 saturated heterocycles. The van der Waals surface area contributed by atoms with Crippen LogP contribution in [0.5, 0.6) is 5.75 Å². The van der Waals surface area contributed by atoms with Crippen molar-refractivity contribution in [3.8, 4) is 5.75 Å². The number of carbonyl (C=O) groups excluding carboxylic acids is 2. The summed E-state index contributed by atoms with van der Waals surface area (Å²) in [5.74, 6) is 0.782. The third-order valence-corrected chi connectivity index (χ3v) is 6.13. The average molecular weight is 422 g/mol. The lowest BCUT2D eigenvalue weighted by Gasteiger charge is -2.39. The molecule has 164 valence electrons. The fraction of sp³-hybridized carbons (Fsp3) is 0.440. The number of hydrogen-bond acceptors (Lipinski definition) is 3. The highest BCUT2D eigenvalue weighted by Gasteiger charge is 2.33. The average Bonchev–Trinajstić information content (AvgIpc) is 2.78. The third kappa shape index (κ3) is 4.84. The number of hydrogen-bond donors (Lipinski definition) is 1. The van der Waals surface area contributed by atoms with Gasteiger partial charge in [0.1, 0.15) is 11.9 Å². The number of rotatable bonds is 3. The molecule has 31 heavy (non-hydrogen) atoms. The predicted molar refractivity (Wildman–Crippen MR) is 121 cm³/mol. The molecule has 0 saturated carbocycles. The van der Waals surface area contributed by atoms with Crippen LogP contribution in [-0.4, -0.2) is 42.6 Å². The summed E-state index contributed by atoms with van der Waals surface area (Å²) in [4.78, 5) is 29.6. The minimum atomic E-state index is -0.0516. The number of fused-ring (bicyclic) bond motifs is 1. The number of urea groups is 1. The molecule has 0 spiro atoms. The van der Waals surface area contributed by atoms with Crippen molar-refractivity contribution in [3.05, 3.63) is 59.2 Å². The second-order valence-corrected chi connectivity index (χ2v) is 8.76. The van der Waals surface area contributed by atoms with E-state index >= 15 is 0 Å². The Morgan fingerprint density at radius 2 is 1.71 bits per heavy atom. The van der Waals surface area contributed by atoms with Crippen molar-refractivity contribution in [3.63, 3.8) is 0 Å². The highest BCUT2D eigenvalue weighted by atomic mass is 16.5. The van der Waals surface area contributed by atoms with Crippen LogP contribution in [0.2, 0.25) is 0 Å². The van der Waals surface area contributed by atoms with Gasteiger partial charge in [0.15, 0.2) is 0 Å². The molecule has 0 bridgehead atoms. The van der Waals surface area contributed by atoms with Crippen molar-refractivity contribution >= 4 is 17.6 Å². The highest BCUT2D eigenvalue weighted by molar-refractivity contribution is 5.94. The lowest BCUT2D eigenvalue weighted by Crippen LogP contribution is -2.52. The maximum atomic E-state index is 13.3. The number of benzene rings is 2. The van der Waals surface area contributed by atoms with E-state index in [0.29, 0.717) is 39.0 Å². The van der Waals surface area contributed by atoms with Crippen LogP contribution in [0.3, 0.4) is 0 Å². The van der Waals surface area contributed by atoms with Gasteiger partial charge in [-0.25, -0.2) is 4.79 Å². The van der Waals surface area contributed by atoms with Crippen LogP contribution in [-0.2, 0) is 11.3 Å². The lowest BCUT2D eigenvalue weighted by atomic mass is 9.96. The molecular weight excluding hydrogens is 390 g/mol. The van der Waals surface area contributed by atoms with Gasteiger partial charge in [-0.05, 0) is 56.9 Å². The van der Waals surface area contributed by atoms with Crippen LogP contribution >= 0.6 is 0 Å². The fourth-order valence-electron chi connectivity index (χ4n) is 4.27. The molecule has 0 radical (unpaired) electrons. The Labute approximate surface area is 184 Å². The van der Waals surface area contributed by atoms with Gasteiger partial charge in [-0.3, -0.25) is 9.69 Å². The summed E-state index contributed by atoms with van der Waals surface area (Å²) >= 11 is 0. The largest absolute Gasteiger partial charge is 0.487 e. The van der Waals surface area contributed by atoms with E-state index in [4.69, 9.17) is 4.74 Å². The van der Waals surface area contributed by atoms with E-state index in [2.05, 4.69) is 24.4 Å². The third-order valence-electron chi connectivity index (χ3n) is 6.13. The van der Waals surface area contributed by atoms with Gasteiger partial charge in [0.05, 0.1) is 12.2 Å². The fourth-order valence-corrected chi connectivity index (χ4v) is 4.27. The quantitative estimate of drug-likeness (QED) is 0.814. The molecule has 1 atom stereocenters. The summed E-state index contributed by atoms with van der Waals surface area (Å²) in [6.07, 6.45) is 1.32. The highest BCUT2D eigenvalue weighted by Crippen LogP contribution is 2.35. The summed E-state index contributed by atoms with van der Waals surface area (Å²) in [6, 6.07) is 14.1. The van der Waals surface area contributed by atoms with Gasteiger partial charge < -0.3 is 15.0 Å². The molecule has 2 aromatic carbocycles. The maximum absolute atomic E-state index is 13.3. The Balaban J connectivity index is 1.33. The Kier molecular flexibility index (Phi) is 6.16. The van der Waals surface area contributed by atoms with Crippen molar-refractivity contribution in [1.82, 2.24) is 10.2 Å². The predicted octanol–water partition coefficient (Wildman–Crippen LogP) is 4.04. The van der Waals surface area contributed by atoms with Gasteiger partial charge >= 0.3 is 6.03 Å². The second kappa shape index (κ2) is 9.00. The molecule has 2 aromatic rings. The Morgan fingerprint density at radius 1 is 1.03 bits per heavy atom. The van der Waals surface area contributed by atoms with Gasteiger partial charge in [-0.15, -0.1) is 0 Å². The number of aryl methyl sites for hydroxylation is 2. The molecule has 0 unspecified atom stereocenters. The zero-order chi connectivity index (χ0) is 22.0. The lowest BCUT2D eigenvalue weighted by molar-refractivity contribution is -0.126. The second-order valence-electron chi connectivity index (χ2n) is 8.76. The van der Waals surface area contributed by atoms with Crippen molar-refractivity contribution in [1.29, 1.82) is 0 Å². The summed E-state index contributed by atoms with van der Waals surface area (Å²) in [5.41, 5.74) is 4.24. The van der Waals surface area contributed by atoms with Crippen LogP contribution in [0.1, 0.15) is 36.5 Å². The van der Waals surface area contributed by atoms with Gasteiger partial charge in [0, 0.05) is 25.6 Å². The monoisotopic (exact) mass is 421 g/mol. The van der Waals surface area contributed by atoms with Crippen LogP contribution in [0, 0.1) is 19.8 Å². The van der Waals surface area contributed by atoms with Gasteiger partial charge in [-0.1, -0.05) is 35.9 Å². The molecule has 2 aliphatic heterocycles. The minimum absolute atomic E-state index is 0.000476. The molecule has 6 nitrogen and oxygen atoms in total. The molecule has 0 aromatic heterocycles. The summed E-state index contributed by atoms with van der Waals surface area (Å²) in [5, 5.41) is 3.05. The van der Waals surface area contributed by atoms with Crippen molar-refractivity contribution in [2.75, 3.05) is 24.5 Å². The molecular formula is C25H31N3O3. The molecule has 0 aliphatic carbocycles. The van der Waals surface area contributed by atoms with Gasteiger partial charge in [0.2, 0.25) is 5.91 Å². The van der Waals surface area contributed by atoms with E-state index in [1.807, 2.05) is 54.0 Å². The molecule has 1 fully saturated rings. The molecule has 2 heterocycles. The SMILES string of the molecule is Cc1ccc(CNC(=O)C2CCN(C(=O)N3C[C@H](C)Oc4ccc(C)cc43)CC2)cc1. The number of amides is 3. The van der Waals surface area contributed by atoms with Crippen molar-refractivity contribution < 1.29 is 14.3 Å². The van der Waals surface area contributed by atoms with Crippen LogP contribution in [0.15, 0.2) is 42.5 Å². The Hall–Kier alpha value is -3.02. The van der Waals surface area contributed by atoms with Gasteiger partial charge in [0.25, 0.3) is 0 Å². The molecule has 4 rings (SSSR count). The molecule has 6 heteroatoms. The zero-order valence-electron chi connectivity index (χ0n) is 18.6. The first-order valence-electron chi connectivity index (χ1n) is 11.1. The van der Waals surface area contributed by atoms with E-state index in [1.54, 1.807) is 0 Å². The standard InChI is InChI=1S/C25H31N3O3/c1-17-4-7-20(8-5-17)15-26-24(29)21-10-12-27(13-11-21)25(30)28-16-19(3)31-23-9-6-18(2)14-22(23)28/h4-9,14,19,21H,10-13,15-16H2,1-3H3,(H,26,29)/t19-/m0/s1. The molecule has 2 aliphatic rings. The Morgan fingerprint density at radius 3 is 2.42 bits per heavy atom. The van der Waals surface area contributed by atoms with E-state index < -0.39 is 0 Å². The maximum Gasteiger partial charge on any atom is 0.324 e. The van der Waals surface area contributed by atoms with E-state index in [1.165, 1.54) is 5.56 Å². The molecule has 3 amide bonds. The number of ether oxygens (including phenoxy) is 1. The first-order valence-corrected chi connectivity index (χ1v) is 11.1. The number of likely N-dealkylation sites (tertiary alicyclic amines) is 1. The van der Waals surface area contributed by atoms with Crippen molar-refractivity contribution in [2.45, 2.75) is 46.3 Å². The number of anilines is 1. The first kappa shape index (κ1) is 21.2. The summed E-state index contributed by atoms with van der Waals surface area (Å²) < 4.78 is 5.91. The zero-order valence-corrected chi connectivity index (χ0v) is 18.6. The summed E-state index contributed by atoms with van der Waals surface area (Å²) in [7, 11) is 0. The molecule has 1 N–H and O–H groups in total. The minimum Gasteiger partial charge on any atom is -0.487 e. The van der Waals surface area contributed by atoms with E-state index in [-0.39, 0.29) is 24.0 Å². The topological polar surface area (TPSA) is 61.9 Å². The van der Waals surface area contributed by atoms with Crippen LogP contribution in [0.4, 0.5) is 10.5 Å². The van der Waals surface area contributed by atoms with E-state index in [9.17, 15) is 9.59 Å².